The van der Waals surface area contributed by atoms with Crippen molar-refractivity contribution in [1.82, 2.24) is 9.80 Å². The molecule has 0 unspecified atom stereocenters. The smallest absolute Gasteiger partial charge is 0.289 e. The predicted octanol–water partition coefficient (Wildman–Crippen LogP) is 1.44. The van der Waals surface area contributed by atoms with Gasteiger partial charge in [-0.15, -0.1) is 0 Å². The SMILES string of the molecule is Cc1ccoc1C(=O)N1CCC2(CC1)OCC(=O)N(C)[C@@H]2C. The lowest BCUT2D eigenvalue weighted by atomic mass is 9.83. The molecular weight excluding hydrogens is 284 g/mol. The highest BCUT2D eigenvalue weighted by molar-refractivity contribution is 5.92. The summed E-state index contributed by atoms with van der Waals surface area (Å²) in [7, 11) is 1.82. The van der Waals surface area contributed by atoms with Crippen molar-refractivity contribution in [2.45, 2.75) is 38.3 Å². The van der Waals surface area contributed by atoms with Gasteiger partial charge in [0, 0.05) is 25.7 Å². The number of aryl methyl sites for hydroxylation is 1. The number of likely N-dealkylation sites (tertiary alicyclic amines) is 1. The fourth-order valence-corrected chi connectivity index (χ4v) is 3.38. The normalized spacial score (nSPS) is 24.9. The molecule has 1 atom stereocenters. The number of hydrogen-bond acceptors (Lipinski definition) is 4. The molecule has 2 amide bonds. The Balaban J connectivity index is 1.69. The summed E-state index contributed by atoms with van der Waals surface area (Å²) >= 11 is 0. The third kappa shape index (κ3) is 2.31. The van der Waals surface area contributed by atoms with Crippen LogP contribution in [0.25, 0.3) is 0 Å². The van der Waals surface area contributed by atoms with Crippen LogP contribution in [0.15, 0.2) is 16.7 Å². The van der Waals surface area contributed by atoms with E-state index in [1.54, 1.807) is 17.2 Å². The number of likely N-dealkylation sites (N-methyl/N-ethyl adjacent to an activating group) is 1. The molecule has 22 heavy (non-hydrogen) atoms. The van der Waals surface area contributed by atoms with Crippen LogP contribution in [-0.4, -0.2) is 60.0 Å². The van der Waals surface area contributed by atoms with Crippen LogP contribution in [0.4, 0.5) is 0 Å². The minimum Gasteiger partial charge on any atom is -0.459 e. The number of furan rings is 1. The average molecular weight is 306 g/mol. The lowest BCUT2D eigenvalue weighted by Gasteiger charge is -2.50. The number of nitrogens with zero attached hydrogens (tertiary/aromatic N) is 2. The zero-order chi connectivity index (χ0) is 15.9. The summed E-state index contributed by atoms with van der Waals surface area (Å²) in [4.78, 5) is 27.8. The Morgan fingerprint density at radius 2 is 2.05 bits per heavy atom. The molecule has 3 heterocycles. The van der Waals surface area contributed by atoms with Gasteiger partial charge in [0.1, 0.15) is 6.61 Å². The zero-order valence-corrected chi connectivity index (χ0v) is 13.3. The van der Waals surface area contributed by atoms with E-state index in [1.807, 2.05) is 25.8 Å². The zero-order valence-electron chi connectivity index (χ0n) is 13.3. The van der Waals surface area contributed by atoms with Gasteiger partial charge in [-0.25, -0.2) is 0 Å². The monoisotopic (exact) mass is 306 g/mol. The van der Waals surface area contributed by atoms with Crippen molar-refractivity contribution in [2.24, 2.45) is 0 Å². The third-order valence-corrected chi connectivity index (χ3v) is 5.17. The Hall–Kier alpha value is -1.82. The number of carbonyl (C=O) groups excluding carboxylic acids is 2. The highest BCUT2D eigenvalue weighted by atomic mass is 16.5. The summed E-state index contributed by atoms with van der Waals surface area (Å²) in [5, 5.41) is 0. The summed E-state index contributed by atoms with van der Waals surface area (Å²) < 4.78 is 11.2. The first-order valence-corrected chi connectivity index (χ1v) is 7.67. The topological polar surface area (TPSA) is 63.0 Å². The third-order valence-electron chi connectivity index (χ3n) is 5.17. The molecule has 1 spiro atoms. The van der Waals surface area contributed by atoms with E-state index in [1.165, 1.54) is 0 Å². The fourth-order valence-electron chi connectivity index (χ4n) is 3.38. The molecule has 6 nitrogen and oxygen atoms in total. The van der Waals surface area contributed by atoms with Gasteiger partial charge >= 0.3 is 0 Å². The number of morpholine rings is 1. The molecule has 6 heteroatoms. The molecule has 3 rings (SSSR count). The molecule has 1 aromatic heterocycles. The maximum atomic E-state index is 12.5. The van der Waals surface area contributed by atoms with Crippen molar-refractivity contribution in [3.8, 4) is 0 Å². The van der Waals surface area contributed by atoms with Gasteiger partial charge in [0.2, 0.25) is 5.91 Å². The molecule has 2 aliphatic rings. The van der Waals surface area contributed by atoms with Gasteiger partial charge in [-0.3, -0.25) is 9.59 Å². The average Bonchev–Trinajstić information content (AvgIpc) is 2.95. The second kappa shape index (κ2) is 5.43. The molecule has 0 radical (unpaired) electrons. The minimum absolute atomic E-state index is 0.0165. The molecule has 0 N–H and O–H groups in total. The number of piperidine rings is 1. The molecule has 1 aromatic rings. The molecule has 0 bridgehead atoms. The van der Waals surface area contributed by atoms with Crippen molar-refractivity contribution in [3.63, 3.8) is 0 Å². The van der Waals surface area contributed by atoms with Crippen LogP contribution in [0.3, 0.4) is 0 Å². The number of ether oxygens (including phenoxy) is 1. The second-order valence-corrected chi connectivity index (χ2v) is 6.26. The summed E-state index contributed by atoms with van der Waals surface area (Å²) in [6.07, 6.45) is 3.01. The van der Waals surface area contributed by atoms with Gasteiger partial charge in [-0.05, 0) is 32.8 Å². The van der Waals surface area contributed by atoms with E-state index in [9.17, 15) is 9.59 Å². The van der Waals surface area contributed by atoms with Crippen LogP contribution in [0.2, 0.25) is 0 Å². The first-order valence-electron chi connectivity index (χ1n) is 7.67. The van der Waals surface area contributed by atoms with Gasteiger partial charge in [0.15, 0.2) is 5.76 Å². The molecule has 0 aliphatic carbocycles. The van der Waals surface area contributed by atoms with E-state index in [2.05, 4.69) is 0 Å². The molecule has 0 aromatic carbocycles. The molecular formula is C16H22N2O4. The minimum atomic E-state index is -0.336. The summed E-state index contributed by atoms with van der Waals surface area (Å²) in [5.74, 6) is 0.369. The van der Waals surface area contributed by atoms with Crippen LogP contribution < -0.4 is 0 Å². The fraction of sp³-hybridized carbons (Fsp3) is 0.625. The van der Waals surface area contributed by atoms with E-state index >= 15 is 0 Å². The van der Waals surface area contributed by atoms with Crippen molar-refractivity contribution >= 4 is 11.8 Å². The van der Waals surface area contributed by atoms with E-state index in [4.69, 9.17) is 9.15 Å². The van der Waals surface area contributed by atoms with Gasteiger partial charge < -0.3 is 19.0 Å². The van der Waals surface area contributed by atoms with Crippen LogP contribution in [0, 0.1) is 6.92 Å². The Morgan fingerprint density at radius 3 is 2.64 bits per heavy atom. The van der Waals surface area contributed by atoms with Gasteiger partial charge in [0.05, 0.1) is 17.9 Å². The maximum Gasteiger partial charge on any atom is 0.289 e. The van der Waals surface area contributed by atoms with Crippen LogP contribution in [-0.2, 0) is 9.53 Å². The quantitative estimate of drug-likeness (QED) is 0.787. The lowest BCUT2D eigenvalue weighted by Crippen LogP contribution is -2.63. The number of rotatable bonds is 1. The lowest BCUT2D eigenvalue weighted by molar-refractivity contribution is -0.181. The molecule has 2 saturated heterocycles. The van der Waals surface area contributed by atoms with Crippen molar-refractivity contribution in [1.29, 1.82) is 0 Å². The molecule has 2 aliphatic heterocycles. The number of carbonyl (C=O) groups is 2. The number of hydrogen-bond donors (Lipinski definition) is 0. The number of amides is 2. The van der Waals surface area contributed by atoms with Crippen molar-refractivity contribution in [2.75, 3.05) is 26.7 Å². The van der Waals surface area contributed by atoms with Gasteiger partial charge in [-0.2, -0.15) is 0 Å². The van der Waals surface area contributed by atoms with Crippen LogP contribution >= 0.6 is 0 Å². The summed E-state index contributed by atoms with van der Waals surface area (Å²) in [6, 6.07) is 1.82. The van der Waals surface area contributed by atoms with E-state index < -0.39 is 0 Å². The Morgan fingerprint density at radius 1 is 1.36 bits per heavy atom. The molecule has 0 saturated carbocycles. The van der Waals surface area contributed by atoms with Gasteiger partial charge in [0.25, 0.3) is 5.91 Å². The Kier molecular flexibility index (Phi) is 3.72. The standard InChI is InChI=1S/C16H22N2O4/c1-11-4-9-21-14(11)15(20)18-7-5-16(6-8-18)12(2)17(3)13(19)10-22-16/h4,9,12H,5-8,10H2,1-3H3/t12-/m1/s1. The van der Waals surface area contributed by atoms with Crippen molar-refractivity contribution < 1.29 is 18.7 Å². The molecule has 120 valence electrons. The largest absolute Gasteiger partial charge is 0.459 e. The van der Waals surface area contributed by atoms with Gasteiger partial charge in [-0.1, -0.05) is 0 Å². The first kappa shape index (κ1) is 15.1. The van der Waals surface area contributed by atoms with Crippen LogP contribution in [0.1, 0.15) is 35.9 Å². The molecule has 2 fully saturated rings. The summed E-state index contributed by atoms with van der Waals surface area (Å²) in [5.41, 5.74) is 0.524. The maximum absolute atomic E-state index is 12.5. The Labute approximate surface area is 130 Å². The van der Waals surface area contributed by atoms with Crippen molar-refractivity contribution in [3.05, 3.63) is 23.7 Å². The second-order valence-electron chi connectivity index (χ2n) is 6.26. The van der Waals surface area contributed by atoms with E-state index in [0.29, 0.717) is 18.8 Å². The Bertz CT molecular complexity index is 587. The predicted molar refractivity (Wildman–Crippen MR) is 79.5 cm³/mol. The van der Waals surface area contributed by atoms with Crippen LogP contribution in [0.5, 0.6) is 0 Å². The van der Waals surface area contributed by atoms with E-state index in [0.717, 1.165) is 18.4 Å². The highest BCUT2D eigenvalue weighted by Gasteiger charge is 2.47. The summed E-state index contributed by atoms with van der Waals surface area (Å²) in [6.45, 7) is 5.25. The van der Waals surface area contributed by atoms with E-state index in [-0.39, 0.29) is 30.1 Å². The highest BCUT2D eigenvalue weighted by Crippen LogP contribution is 2.35. The first-order chi connectivity index (χ1) is 10.4.